The highest BCUT2D eigenvalue weighted by Gasteiger charge is 2.13. The van der Waals surface area contributed by atoms with Gasteiger partial charge in [-0.3, -0.25) is 4.79 Å². The Morgan fingerprint density at radius 3 is 2.29 bits per heavy atom. The first-order valence-electron chi connectivity index (χ1n) is 7.32. The minimum Gasteiger partial charge on any atom is -0.496 e. The average Bonchev–Trinajstić information content (AvgIpc) is 2.60. The molecule has 2 rings (SSSR count). The molecule has 126 valence electrons. The van der Waals surface area contributed by atoms with E-state index in [2.05, 4.69) is 15.9 Å². The fraction of sp³-hybridized carbons (Fsp3) is 0.222. The molecule has 0 aliphatic heterocycles. The van der Waals surface area contributed by atoms with E-state index in [0.717, 1.165) is 0 Å². The molecule has 0 N–H and O–H groups in total. The summed E-state index contributed by atoms with van der Waals surface area (Å²) in [5.41, 5.74) is 0.796. The van der Waals surface area contributed by atoms with Crippen molar-refractivity contribution in [3.8, 4) is 11.5 Å². The molecule has 0 atom stereocenters. The number of methoxy groups -OCH3 is 1. The Labute approximate surface area is 148 Å². The van der Waals surface area contributed by atoms with E-state index in [9.17, 15) is 9.59 Å². The summed E-state index contributed by atoms with van der Waals surface area (Å²) in [6.07, 6.45) is 0. The van der Waals surface area contributed by atoms with E-state index in [1.165, 1.54) is 7.11 Å². The molecule has 0 spiro atoms. The maximum atomic E-state index is 12.1. The molecular formula is C18H17BrO5. The van der Waals surface area contributed by atoms with E-state index in [0.29, 0.717) is 33.7 Å². The van der Waals surface area contributed by atoms with E-state index >= 15 is 0 Å². The van der Waals surface area contributed by atoms with Crippen molar-refractivity contribution in [3.05, 3.63) is 58.1 Å². The maximum Gasteiger partial charge on any atom is 0.338 e. The number of Topliss-reactive ketones (excluding diaryl/α,β-unsaturated/α-hetero) is 1. The van der Waals surface area contributed by atoms with Crippen molar-refractivity contribution in [2.75, 3.05) is 20.3 Å². The van der Waals surface area contributed by atoms with E-state index in [1.54, 1.807) is 42.5 Å². The third-order valence-electron chi connectivity index (χ3n) is 3.21. The Balaban J connectivity index is 1.95. The highest BCUT2D eigenvalue weighted by atomic mass is 79.9. The quantitative estimate of drug-likeness (QED) is 0.528. The van der Waals surface area contributed by atoms with Crippen LogP contribution in [0.1, 0.15) is 27.6 Å². The summed E-state index contributed by atoms with van der Waals surface area (Å²) in [6.45, 7) is 2.12. The SMILES string of the molecule is CCOc1ccc(C(=O)COC(=O)c2ccc(OC)c(Br)c2)cc1. The molecule has 0 aromatic heterocycles. The minimum atomic E-state index is -0.572. The molecule has 6 heteroatoms. The van der Waals surface area contributed by atoms with Crippen LogP contribution in [0.15, 0.2) is 46.9 Å². The Bertz CT molecular complexity index is 725. The number of halogens is 1. The standard InChI is InChI=1S/C18H17BrO5/c1-3-23-14-7-4-12(5-8-14)16(20)11-24-18(21)13-6-9-17(22-2)15(19)10-13/h4-10H,3,11H2,1-2H3. The summed E-state index contributed by atoms with van der Waals surface area (Å²) in [5.74, 6) is 0.447. The van der Waals surface area contributed by atoms with Gasteiger partial charge in [-0.15, -0.1) is 0 Å². The van der Waals surface area contributed by atoms with Gasteiger partial charge < -0.3 is 14.2 Å². The Kier molecular flexibility index (Phi) is 6.37. The van der Waals surface area contributed by atoms with Crippen LogP contribution in [0.5, 0.6) is 11.5 Å². The highest BCUT2D eigenvalue weighted by molar-refractivity contribution is 9.10. The number of hydrogen-bond donors (Lipinski definition) is 0. The Morgan fingerprint density at radius 2 is 1.71 bits per heavy atom. The van der Waals surface area contributed by atoms with Gasteiger partial charge >= 0.3 is 5.97 Å². The van der Waals surface area contributed by atoms with Gasteiger partial charge in [-0.25, -0.2) is 4.79 Å². The van der Waals surface area contributed by atoms with E-state index in [1.807, 2.05) is 6.92 Å². The molecule has 0 radical (unpaired) electrons. The van der Waals surface area contributed by atoms with Crippen LogP contribution in [0.25, 0.3) is 0 Å². The lowest BCUT2D eigenvalue weighted by atomic mass is 10.1. The second kappa shape index (κ2) is 8.49. The molecule has 2 aromatic carbocycles. The van der Waals surface area contributed by atoms with E-state index in [4.69, 9.17) is 14.2 Å². The van der Waals surface area contributed by atoms with Crippen LogP contribution in [0.4, 0.5) is 0 Å². The van der Waals surface area contributed by atoms with Crippen LogP contribution in [-0.2, 0) is 4.74 Å². The normalized spacial score (nSPS) is 10.1. The Morgan fingerprint density at radius 1 is 1.04 bits per heavy atom. The topological polar surface area (TPSA) is 61.8 Å². The molecule has 0 heterocycles. The fourth-order valence-corrected chi connectivity index (χ4v) is 2.54. The predicted molar refractivity (Wildman–Crippen MR) is 92.9 cm³/mol. The molecule has 5 nitrogen and oxygen atoms in total. The molecular weight excluding hydrogens is 376 g/mol. The number of ketones is 1. The van der Waals surface area contributed by atoms with Crippen molar-refractivity contribution in [1.29, 1.82) is 0 Å². The smallest absolute Gasteiger partial charge is 0.338 e. The molecule has 0 amide bonds. The lowest BCUT2D eigenvalue weighted by Gasteiger charge is -2.07. The molecule has 2 aromatic rings. The van der Waals surface area contributed by atoms with Crippen molar-refractivity contribution in [1.82, 2.24) is 0 Å². The first kappa shape index (κ1) is 18.0. The summed E-state index contributed by atoms with van der Waals surface area (Å²) in [7, 11) is 1.54. The molecule has 0 unspecified atom stereocenters. The maximum absolute atomic E-state index is 12.1. The summed E-state index contributed by atoms with van der Waals surface area (Å²) in [6, 6.07) is 11.5. The summed E-state index contributed by atoms with van der Waals surface area (Å²) >= 11 is 3.30. The van der Waals surface area contributed by atoms with Crippen molar-refractivity contribution in [2.45, 2.75) is 6.92 Å². The molecule has 0 aliphatic carbocycles. The second-order valence-electron chi connectivity index (χ2n) is 4.81. The predicted octanol–water partition coefficient (Wildman–Crippen LogP) is 3.90. The number of carbonyl (C=O) groups excluding carboxylic acids is 2. The van der Waals surface area contributed by atoms with Crippen LogP contribution in [-0.4, -0.2) is 32.1 Å². The van der Waals surface area contributed by atoms with Gasteiger partial charge in [0.15, 0.2) is 12.4 Å². The zero-order valence-electron chi connectivity index (χ0n) is 13.4. The van der Waals surface area contributed by atoms with Crippen LogP contribution in [0.3, 0.4) is 0 Å². The zero-order valence-corrected chi connectivity index (χ0v) is 15.0. The fourth-order valence-electron chi connectivity index (χ4n) is 1.99. The third kappa shape index (κ3) is 4.58. The van der Waals surface area contributed by atoms with Crippen LogP contribution < -0.4 is 9.47 Å². The van der Waals surface area contributed by atoms with Gasteiger partial charge in [-0.05, 0) is 65.3 Å². The number of ether oxygens (including phenoxy) is 3. The van der Waals surface area contributed by atoms with Crippen molar-refractivity contribution in [3.63, 3.8) is 0 Å². The molecule has 24 heavy (non-hydrogen) atoms. The van der Waals surface area contributed by atoms with Gasteiger partial charge in [0, 0.05) is 5.56 Å². The highest BCUT2D eigenvalue weighted by Crippen LogP contribution is 2.25. The second-order valence-corrected chi connectivity index (χ2v) is 5.66. The minimum absolute atomic E-state index is 0.279. The molecule has 0 saturated heterocycles. The lowest BCUT2D eigenvalue weighted by Crippen LogP contribution is -2.14. The van der Waals surface area contributed by atoms with Gasteiger partial charge in [-0.2, -0.15) is 0 Å². The van der Waals surface area contributed by atoms with Gasteiger partial charge in [-0.1, -0.05) is 0 Å². The van der Waals surface area contributed by atoms with Crippen molar-refractivity contribution < 1.29 is 23.8 Å². The van der Waals surface area contributed by atoms with Crippen LogP contribution in [0, 0.1) is 0 Å². The summed E-state index contributed by atoms with van der Waals surface area (Å²) in [4.78, 5) is 24.1. The number of hydrogen-bond acceptors (Lipinski definition) is 5. The zero-order chi connectivity index (χ0) is 17.5. The van der Waals surface area contributed by atoms with E-state index in [-0.39, 0.29) is 12.4 Å². The number of rotatable bonds is 7. The number of carbonyl (C=O) groups is 2. The van der Waals surface area contributed by atoms with Crippen LogP contribution >= 0.6 is 15.9 Å². The average molecular weight is 393 g/mol. The first-order chi connectivity index (χ1) is 11.5. The largest absolute Gasteiger partial charge is 0.496 e. The van der Waals surface area contributed by atoms with Crippen LogP contribution in [0.2, 0.25) is 0 Å². The van der Waals surface area contributed by atoms with Gasteiger partial charge in [0.1, 0.15) is 11.5 Å². The number of benzene rings is 2. The van der Waals surface area contributed by atoms with Gasteiger partial charge in [0.2, 0.25) is 0 Å². The first-order valence-corrected chi connectivity index (χ1v) is 8.11. The van der Waals surface area contributed by atoms with Gasteiger partial charge in [0.05, 0.1) is 23.8 Å². The molecule has 0 saturated carbocycles. The summed E-state index contributed by atoms with van der Waals surface area (Å²) in [5, 5.41) is 0. The van der Waals surface area contributed by atoms with Crippen molar-refractivity contribution in [2.24, 2.45) is 0 Å². The van der Waals surface area contributed by atoms with Gasteiger partial charge in [0.25, 0.3) is 0 Å². The monoisotopic (exact) mass is 392 g/mol. The molecule has 0 bridgehead atoms. The molecule has 0 aliphatic rings. The summed E-state index contributed by atoms with van der Waals surface area (Å²) < 4.78 is 16.1. The van der Waals surface area contributed by atoms with E-state index < -0.39 is 5.97 Å². The molecule has 0 fully saturated rings. The van der Waals surface area contributed by atoms with Crippen molar-refractivity contribution >= 4 is 27.7 Å². The third-order valence-corrected chi connectivity index (χ3v) is 3.83. The Hall–Kier alpha value is -2.34. The lowest BCUT2D eigenvalue weighted by molar-refractivity contribution is 0.0474. The number of esters is 1.